The van der Waals surface area contributed by atoms with Crippen LogP contribution in [0.4, 0.5) is 21.6 Å². The fourth-order valence-corrected chi connectivity index (χ4v) is 4.53. The standard InChI is InChI=1S/C31H30FIN4O5/c1-5-27(38)35-23-7-6-8-25(18(23)2)42-26-16-28(39)37(3)30(36-24-14-11-20(33)15-22(24)32)29(26)31(40)34-17-19-9-12-21(41-4)13-10-19/h6-16,36H,5,17H2,1-4H3,(H,34,40)(H,35,38). The van der Waals surface area contributed by atoms with Gasteiger partial charge in [0, 0.05) is 40.9 Å². The Morgan fingerprint density at radius 2 is 1.74 bits per heavy atom. The zero-order valence-corrected chi connectivity index (χ0v) is 25.7. The van der Waals surface area contributed by atoms with E-state index in [0.717, 1.165) is 5.56 Å². The number of benzene rings is 3. The summed E-state index contributed by atoms with van der Waals surface area (Å²) in [7, 11) is 3.05. The van der Waals surface area contributed by atoms with Crippen LogP contribution in [0.3, 0.4) is 0 Å². The Morgan fingerprint density at radius 1 is 1.00 bits per heavy atom. The second-order valence-electron chi connectivity index (χ2n) is 9.34. The average Bonchev–Trinajstić information content (AvgIpc) is 2.97. The lowest BCUT2D eigenvalue weighted by atomic mass is 10.1. The Balaban J connectivity index is 1.78. The summed E-state index contributed by atoms with van der Waals surface area (Å²) >= 11 is 1.99. The number of ether oxygens (including phenoxy) is 2. The second kappa shape index (κ2) is 13.5. The van der Waals surface area contributed by atoms with Crippen LogP contribution in [0.2, 0.25) is 0 Å². The second-order valence-corrected chi connectivity index (χ2v) is 10.6. The zero-order valence-electron chi connectivity index (χ0n) is 23.5. The highest BCUT2D eigenvalue weighted by molar-refractivity contribution is 14.1. The van der Waals surface area contributed by atoms with Crippen molar-refractivity contribution in [2.24, 2.45) is 7.05 Å². The molecule has 1 heterocycles. The van der Waals surface area contributed by atoms with Crippen LogP contribution in [-0.2, 0) is 18.4 Å². The minimum Gasteiger partial charge on any atom is -0.497 e. The Kier molecular flexibility index (Phi) is 9.84. The molecule has 3 aromatic carbocycles. The van der Waals surface area contributed by atoms with Crippen LogP contribution in [0.1, 0.15) is 34.8 Å². The summed E-state index contributed by atoms with van der Waals surface area (Å²) in [5, 5.41) is 8.61. The maximum Gasteiger partial charge on any atom is 0.259 e. The van der Waals surface area contributed by atoms with Gasteiger partial charge in [0.15, 0.2) is 0 Å². The molecule has 0 aliphatic carbocycles. The Hall–Kier alpha value is -4.39. The van der Waals surface area contributed by atoms with Gasteiger partial charge in [-0.05, 0) is 77.5 Å². The minimum atomic E-state index is -0.557. The minimum absolute atomic E-state index is 0.00837. The van der Waals surface area contributed by atoms with Crippen LogP contribution in [0.25, 0.3) is 0 Å². The first-order valence-electron chi connectivity index (χ1n) is 13.1. The third kappa shape index (κ3) is 7.08. The summed E-state index contributed by atoms with van der Waals surface area (Å²) in [4.78, 5) is 38.9. The maximum atomic E-state index is 14.9. The molecule has 0 fully saturated rings. The molecule has 0 saturated carbocycles. The van der Waals surface area contributed by atoms with Gasteiger partial charge in [0.25, 0.3) is 11.5 Å². The molecule has 218 valence electrons. The van der Waals surface area contributed by atoms with Gasteiger partial charge in [-0.1, -0.05) is 25.1 Å². The molecule has 42 heavy (non-hydrogen) atoms. The molecule has 11 heteroatoms. The summed E-state index contributed by atoms with van der Waals surface area (Å²) in [5.41, 5.74) is 1.52. The third-order valence-corrected chi connectivity index (χ3v) is 7.20. The lowest BCUT2D eigenvalue weighted by molar-refractivity contribution is -0.115. The highest BCUT2D eigenvalue weighted by atomic mass is 127. The number of carbonyl (C=O) groups excluding carboxylic acids is 2. The number of amides is 2. The monoisotopic (exact) mass is 684 g/mol. The number of halogens is 2. The van der Waals surface area contributed by atoms with E-state index in [0.29, 0.717) is 32.7 Å². The third-order valence-electron chi connectivity index (χ3n) is 6.53. The van der Waals surface area contributed by atoms with E-state index in [1.807, 2.05) is 34.7 Å². The predicted octanol–water partition coefficient (Wildman–Crippen LogP) is 6.26. The van der Waals surface area contributed by atoms with Crippen molar-refractivity contribution in [1.29, 1.82) is 0 Å². The molecule has 9 nitrogen and oxygen atoms in total. The highest BCUT2D eigenvalue weighted by Gasteiger charge is 2.24. The van der Waals surface area contributed by atoms with E-state index in [-0.39, 0.29) is 35.3 Å². The number of aromatic nitrogens is 1. The summed E-state index contributed by atoms with van der Waals surface area (Å²) in [6, 6.07) is 18.0. The molecule has 2 amide bonds. The molecule has 0 bridgehead atoms. The van der Waals surface area contributed by atoms with Gasteiger partial charge < -0.3 is 25.4 Å². The van der Waals surface area contributed by atoms with Crippen molar-refractivity contribution in [3.05, 3.63) is 103 Å². The van der Waals surface area contributed by atoms with Crippen LogP contribution < -0.4 is 31.0 Å². The van der Waals surface area contributed by atoms with Crippen molar-refractivity contribution < 1.29 is 23.5 Å². The first kappa shape index (κ1) is 30.6. The molecule has 1 aromatic heterocycles. The van der Waals surface area contributed by atoms with Gasteiger partial charge in [-0.2, -0.15) is 0 Å². The van der Waals surface area contributed by atoms with Crippen LogP contribution in [0.15, 0.2) is 71.5 Å². The number of nitrogens with zero attached hydrogens (tertiary/aromatic N) is 1. The number of carbonyl (C=O) groups is 2. The molecule has 0 aliphatic heterocycles. The molecular formula is C31H30FIN4O5. The first-order chi connectivity index (χ1) is 20.1. The van der Waals surface area contributed by atoms with Gasteiger partial charge in [0.1, 0.15) is 34.4 Å². The number of hydrogen-bond donors (Lipinski definition) is 3. The van der Waals surface area contributed by atoms with Crippen molar-refractivity contribution in [2.75, 3.05) is 17.7 Å². The van der Waals surface area contributed by atoms with E-state index in [9.17, 15) is 18.8 Å². The summed E-state index contributed by atoms with van der Waals surface area (Å²) in [5.74, 6) is -0.282. The predicted molar refractivity (Wildman–Crippen MR) is 168 cm³/mol. The number of nitrogens with one attached hydrogen (secondary N) is 3. The van der Waals surface area contributed by atoms with Gasteiger partial charge in [0.05, 0.1) is 12.8 Å². The number of rotatable bonds is 10. The number of pyridine rings is 1. The van der Waals surface area contributed by atoms with Crippen LogP contribution >= 0.6 is 22.6 Å². The lowest BCUT2D eigenvalue weighted by Gasteiger charge is -2.20. The summed E-state index contributed by atoms with van der Waals surface area (Å²) in [6.07, 6.45) is 0.294. The van der Waals surface area contributed by atoms with Gasteiger partial charge in [-0.3, -0.25) is 19.0 Å². The van der Waals surface area contributed by atoms with E-state index in [1.165, 1.54) is 29.8 Å². The molecule has 0 aliphatic rings. The molecule has 4 aromatic rings. The Bertz CT molecular complexity index is 1690. The molecule has 4 rings (SSSR count). The fraction of sp³-hybridized carbons (Fsp3) is 0.194. The smallest absolute Gasteiger partial charge is 0.259 e. The maximum absolute atomic E-state index is 14.9. The van der Waals surface area contributed by atoms with E-state index in [4.69, 9.17) is 9.47 Å². The fourth-order valence-electron chi connectivity index (χ4n) is 4.07. The molecule has 0 saturated heterocycles. The van der Waals surface area contributed by atoms with Crippen LogP contribution in [-0.4, -0.2) is 23.5 Å². The van der Waals surface area contributed by atoms with E-state index >= 15 is 0 Å². The van der Waals surface area contributed by atoms with Crippen molar-refractivity contribution in [3.8, 4) is 17.2 Å². The molecule has 0 unspecified atom stereocenters. The summed E-state index contributed by atoms with van der Waals surface area (Å²) < 4.78 is 28.2. The van der Waals surface area contributed by atoms with Gasteiger partial charge in [0.2, 0.25) is 5.91 Å². The molecule has 0 spiro atoms. The van der Waals surface area contributed by atoms with Crippen molar-refractivity contribution in [2.45, 2.75) is 26.8 Å². The largest absolute Gasteiger partial charge is 0.497 e. The molecule has 0 radical (unpaired) electrons. The number of anilines is 3. The van der Waals surface area contributed by atoms with Gasteiger partial charge in [-0.25, -0.2) is 4.39 Å². The Labute approximate surface area is 256 Å². The normalized spacial score (nSPS) is 10.6. The lowest BCUT2D eigenvalue weighted by Crippen LogP contribution is -2.29. The average molecular weight is 685 g/mol. The highest BCUT2D eigenvalue weighted by Crippen LogP contribution is 2.35. The summed E-state index contributed by atoms with van der Waals surface area (Å²) in [6.45, 7) is 3.66. The van der Waals surface area contributed by atoms with E-state index in [1.54, 1.807) is 57.4 Å². The van der Waals surface area contributed by atoms with E-state index < -0.39 is 17.3 Å². The Morgan fingerprint density at radius 3 is 2.40 bits per heavy atom. The van der Waals surface area contributed by atoms with Crippen molar-refractivity contribution >= 4 is 51.6 Å². The van der Waals surface area contributed by atoms with Gasteiger partial charge >= 0.3 is 0 Å². The molecule has 3 N–H and O–H groups in total. The number of hydrogen-bond acceptors (Lipinski definition) is 6. The first-order valence-corrected chi connectivity index (χ1v) is 14.1. The van der Waals surface area contributed by atoms with Gasteiger partial charge in [-0.15, -0.1) is 0 Å². The van der Waals surface area contributed by atoms with Crippen molar-refractivity contribution in [1.82, 2.24) is 9.88 Å². The SMILES string of the molecule is CCC(=O)Nc1cccc(Oc2cc(=O)n(C)c(Nc3ccc(I)cc3F)c2C(=O)NCc2ccc(OC)cc2)c1C. The van der Waals surface area contributed by atoms with E-state index in [2.05, 4.69) is 16.0 Å². The topological polar surface area (TPSA) is 111 Å². The quantitative estimate of drug-likeness (QED) is 0.170. The van der Waals surface area contributed by atoms with Crippen LogP contribution in [0, 0.1) is 16.3 Å². The van der Waals surface area contributed by atoms with Crippen molar-refractivity contribution in [3.63, 3.8) is 0 Å². The number of methoxy groups -OCH3 is 1. The van der Waals surface area contributed by atoms with Crippen LogP contribution in [0.5, 0.6) is 17.2 Å². The zero-order chi connectivity index (χ0) is 30.4. The molecular weight excluding hydrogens is 654 g/mol. The molecule has 0 atom stereocenters.